The smallest absolute Gasteiger partial charge is 0.338 e. The number of rotatable bonds is 7. The summed E-state index contributed by atoms with van der Waals surface area (Å²) < 4.78 is 42.7. The zero-order chi connectivity index (χ0) is 18.4. The van der Waals surface area contributed by atoms with Gasteiger partial charge in [0.2, 0.25) is 10.0 Å². The van der Waals surface area contributed by atoms with Crippen molar-refractivity contribution < 1.29 is 27.4 Å². The van der Waals surface area contributed by atoms with Crippen molar-refractivity contribution in [2.24, 2.45) is 5.92 Å². The highest BCUT2D eigenvalue weighted by Crippen LogP contribution is 2.28. The van der Waals surface area contributed by atoms with Crippen LogP contribution in [0, 0.1) is 5.92 Å². The minimum atomic E-state index is -3.77. The summed E-state index contributed by atoms with van der Waals surface area (Å²) in [5, 5.41) is 0. The van der Waals surface area contributed by atoms with E-state index in [9.17, 15) is 13.2 Å². The first-order valence-electron chi connectivity index (χ1n) is 8.29. The Hall–Kier alpha value is -1.64. The van der Waals surface area contributed by atoms with E-state index in [0.29, 0.717) is 25.7 Å². The molecule has 8 heteroatoms. The highest BCUT2D eigenvalue weighted by Gasteiger charge is 2.30. The first kappa shape index (κ1) is 19.7. The van der Waals surface area contributed by atoms with Crippen LogP contribution in [0.5, 0.6) is 5.75 Å². The molecule has 0 atom stereocenters. The number of methoxy groups -OCH3 is 1. The summed E-state index contributed by atoms with van der Waals surface area (Å²) >= 11 is 0. The molecule has 25 heavy (non-hydrogen) atoms. The molecule has 2 rings (SSSR count). The molecule has 0 radical (unpaired) electrons. The predicted molar refractivity (Wildman–Crippen MR) is 92.3 cm³/mol. The van der Waals surface area contributed by atoms with Crippen molar-refractivity contribution in [1.29, 1.82) is 0 Å². The van der Waals surface area contributed by atoms with Gasteiger partial charge in [-0.15, -0.1) is 0 Å². The van der Waals surface area contributed by atoms with Crippen LogP contribution in [0.3, 0.4) is 0 Å². The van der Waals surface area contributed by atoms with Crippen molar-refractivity contribution in [1.82, 2.24) is 4.31 Å². The van der Waals surface area contributed by atoms with Gasteiger partial charge in [-0.05, 0) is 30.5 Å². The number of carbonyl (C=O) groups is 1. The minimum Gasteiger partial charge on any atom is -0.495 e. The third-order valence-corrected chi connectivity index (χ3v) is 5.84. The maximum absolute atomic E-state index is 12.9. The van der Waals surface area contributed by atoms with Crippen LogP contribution < -0.4 is 4.74 Å². The van der Waals surface area contributed by atoms with Crippen LogP contribution in [-0.4, -0.2) is 58.7 Å². The van der Waals surface area contributed by atoms with Crippen LogP contribution >= 0.6 is 0 Å². The van der Waals surface area contributed by atoms with E-state index in [1.165, 1.54) is 29.6 Å². The van der Waals surface area contributed by atoms with Gasteiger partial charge in [-0.1, -0.05) is 13.8 Å². The van der Waals surface area contributed by atoms with Crippen LogP contribution in [-0.2, 0) is 19.5 Å². The second-order valence-corrected chi connectivity index (χ2v) is 8.11. The lowest BCUT2D eigenvalue weighted by atomic mass is 10.1. The van der Waals surface area contributed by atoms with Crippen molar-refractivity contribution in [3.63, 3.8) is 0 Å². The van der Waals surface area contributed by atoms with E-state index in [1.807, 2.05) is 13.8 Å². The summed E-state index contributed by atoms with van der Waals surface area (Å²) in [7, 11) is -2.38. The van der Waals surface area contributed by atoms with Crippen molar-refractivity contribution in [2.75, 3.05) is 40.0 Å². The Morgan fingerprint density at radius 1 is 1.28 bits per heavy atom. The quantitative estimate of drug-likeness (QED) is 0.681. The van der Waals surface area contributed by atoms with E-state index in [-0.39, 0.29) is 29.3 Å². The number of hydrogen-bond donors (Lipinski definition) is 0. The van der Waals surface area contributed by atoms with Gasteiger partial charge in [-0.2, -0.15) is 4.31 Å². The number of hydrogen-bond acceptors (Lipinski definition) is 6. The Bertz CT molecular complexity index is 695. The Morgan fingerprint density at radius 3 is 2.56 bits per heavy atom. The molecule has 1 aliphatic heterocycles. The summed E-state index contributed by atoms with van der Waals surface area (Å²) in [6, 6.07) is 4.31. The number of ether oxygens (including phenoxy) is 3. The van der Waals surface area contributed by atoms with E-state index in [4.69, 9.17) is 14.2 Å². The van der Waals surface area contributed by atoms with E-state index in [1.54, 1.807) is 0 Å². The number of nitrogens with zero attached hydrogens (tertiary/aromatic N) is 1. The molecule has 1 saturated heterocycles. The molecule has 0 aromatic heterocycles. The fraction of sp³-hybridized carbons (Fsp3) is 0.588. The van der Waals surface area contributed by atoms with Crippen LogP contribution in [0.25, 0.3) is 0 Å². The highest BCUT2D eigenvalue weighted by molar-refractivity contribution is 7.89. The Balaban J connectivity index is 2.26. The number of esters is 1. The van der Waals surface area contributed by atoms with Crippen molar-refractivity contribution >= 4 is 16.0 Å². The number of carbonyl (C=O) groups excluding carboxylic acids is 1. The zero-order valence-corrected chi connectivity index (χ0v) is 15.7. The zero-order valence-electron chi connectivity index (χ0n) is 14.9. The van der Waals surface area contributed by atoms with Crippen LogP contribution in [0.2, 0.25) is 0 Å². The molecule has 1 aromatic carbocycles. The third-order valence-electron chi connectivity index (χ3n) is 3.92. The highest BCUT2D eigenvalue weighted by atomic mass is 32.2. The average Bonchev–Trinajstić information content (AvgIpc) is 2.61. The number of sulfonamides is 1. The standard InChI is InChI=1S/C17H25NO6S/c1-13(2)6-9-24-17(19)14-4-5-15(22-3)16(12-14)25(20,21)18-7-10-23-11-8-18/h4-5,12-13H,6-11H2,1-3H3. The second kappa shape index (κ2) is 8.64. The largest absolute Gasteiger partial charge is 0.495 e. The number of benzene rings is 1. The van der Waals surface area contributed by atoms with Gasteiger partial charge in [-0.3, -0.25) is 0 Å². The van der Waals surface area contributed by atoms with Crippen molar-refractivity contribution in [3.8, 4) is 5.75 Å². The molecule has 0 spiro atoms. The van der Waals surface area contributed by atoms with Crippen LogP contribution in [0.15, 0.2) is 23.1 Å². The molecular weight excluding hydrogens is 346 g/mol. The summed E-state index contributed by atoms with van der Waals surface area (Å²) in [4.78, 5) is 12.2. The summed E-state index contributed by atoms with van der Waals surface area (Å²) in [5.74, 6) is 0.0767. The van der Waals surface area contributed by atoms with Crippen LogP contribution in [0.1, 0.15) is 30.6 Å². The maximum Gasteiger partial charge on any atom is 0.338 e. The molecule has 0 saturated carbocycles. The van der Waals surface area contributed by atoms with Gasteiger partial charge in [0.25, 0.3) is 0 Å². The van der Waals surface area contributed by atoms with Gasteiger partial charge in [0.15, 0.2) is 0 Å². The molecule has 0 amide bonds. The van der Waals surface area contributed by atoms with Gasteiger partial charge in [0.1, 0.15) is 10.6 Å². The molecule has 0 bridgehead atoms. The van der Waals surface area contributed by atoms with E-state index >= 15 is 0 Å². The fourth-order valence-electron chi connectivity index (χ4n) is 2.40. The van der Waals surface area contributed by atoms with E-state index < -0.39 is 16.0 Å². The Kier molecular flexibility index (Phi) is 6.80. The lowest BCUT2D eigenvalue weighted by Gasteiger charge is -2.26. The molecule has 1 fully saturated rings. The predicted octanol–water partition coefficient (Wildman–Crippen LogP) is 1.92. The minimum absolute atomic E-state index is 0.0322. The normalized spacial score (nSPS) is 16.0. The number of morpholine rings is 1. The Labute approximate surface area is 148 Å². The molecule has 1 heterocycles. The maximum atomic E-state index is 12.9. The average molecular weight is 371 g/mol. The SMILES string of the molecule is COc1ccc(C(=O)OCCC(C)C)cc1S(=O)(=O)N1CCOCC1. The topological polar surface area (TPSA) is 82.1 Å². The van der Waals surface area contributed by atoms with Crippen molar-refractivity contribution in [3.05, 3.63) is 23.8 Å². The summed E-state index contributed by atoms with van der Waals surface area (Å²) in [6.45, 7) is 5.61. The molecule has 7 nitrogen and oxygen atoms in total. The Morgan fingerprint density at radius 2 is 1.96 bits per heavy atom. The molecule has 1 aliphatic rings. The molecule has 0 N–H and O–H groups in total. The lowest BCUT2D eigenvalue weighted by Crippen LogP contribution is -2.40. The van der Waals surface area contributed by atoms with Crippen molar-refractivity contribution in [2.45, 2.75) is 25.2 Å². The fourth-order valence-corrected chi connectivity index (χ4v) is 3.99. The first-order valence-corrected chi connectivity index (χ1v) is 9.73. The van der Waals surface area contributed by atoms with Gasteiger partial charge in [0, 0.05) is 13.1 Å². The van der Waals surface area contributed by atoms with Crippen LogP contribution in [0.4, 0.5) is 0 Å². The monoisotopic (exact) mass is 371 g/mol. The molecule has 140 valence electrons. The summed E-state index contributed by atoms with van der Waals surface area (Å²) in [5.41, 5.74) is 0.191. The van der Waals surface area contributed by atoms with E-state index in [0.717, 1.165) is 6.42 Å². The molecule has 0 unspecified atom stereocenters. The molecule has 0 aliphatic carbocycles. The van der Waals surface area contributed by atoms with E-state index in [2.05, 4.69) is 0 Å². The first-order chi connectivity index (χ1) is 11.9. The van der Waals surface area contributed by atoms with Gasteiger partial charge < -0.3 is 14.2 Å². The van der Waals surface area contributed by atoms with Gasteiger partial charge >= 0.3 is 5.97 Å². The molecule has 1 aromatic rings. The molecular formula is C17H25NO6S. The van der Waals surface area contributed by atoms with Gasteiger partial charge in [0.05, 0.1) is 32.5 Å². The lowest BCUT2D eigenvalue weighted by molar-refractivity contribution is 0.0487. The summed E-state index contributed by atoms with van der Waals surface area (Å²) in [6.07, 6.45) is 0.751. The second-order valence-electron chi connectivity index (χ2n) is 6.20. The third kappa shape index (κ3) is 4.93. The van der Waals surface area contributed by atoms with Gasteiger partial charge in [-0.25, -0.2) is 13.2 Å².